The molecule has 4 aliphatic rings. The average Bonchev–Trinajstić information content (AvgIpc) is 3.09. The molecule has 7 nitrogen and oxygen atoms in total. The summed E-state index contributed by atoms with van der Waals surface area (Å²) in [6.07, 6.45) is -0.740. The third-order valence-corrected chi connectivity index (χ3v) is 6.10. The number of carbonyl (C=O) groups excluding carboxylic acids is 3. The third-order valence-electron chi connectivity index (χ3n) is 6.10. The normalized spacial score (nSPS) is 27.5. The van der Waals surface area contributed by atoms with Crippen LogP contribution in [0.3, 0.4) is 0 Å². The summed E-state index contributed by atoms with van der Waals surface area (Å²) in [4.78, 5) is 38.2. The van der Waals surface area contributed by atoms with E-state index in [-0.39, 0.29) is 17.4 Å². The number of benzene rings is 2. The molecule has 2 aromatic carbocycles. The number of carbonyl (C=O) groups is 3. The Morgan fingerprint density at radius 1 is 0.967 bits per heavy atom. The Hall–Kier alpha value is -3.61. The summed E-state index contributed by atoms with van der Waals surface area (Å²) in [5, 5.41) is 2.44. The molecule has 1 aliphatic carbocycles. The smallest absolute Gasteiger partial charge is 0.341 e. The molecule has 2 aromatic rings. The first-order valence-corrected chi connectivity index (χ1v) is 9.63. The van der Waals surface area contributed by atoms with Gasteiger partial charge in [0.2, 0.25) is 11.8 Å². The Morgan fingerprint density at radius 3 is 2.40 bits per heavy atom. The van der Waals surface area contributed by atoms with Crippen molar-refractivity contribution in [3.8, 4) is 5.75 Å². The van der Waals surface area contributed by atoms with Gasteiger partial charge in [-0.25, -0.2) is 4.79 Å². The predicted octanol–water partition coefficient (Wildman–Crippen LogP) is 2.34. The summed E-state index contributed by atoms with van der Waals surface area (Å²) in [6, 6.07) is 14.6. The number of rotatable bonds is 3. The van der Waals surface area contributed by atoms with Crippen molar-refractivity contribution >= 4 is 23.4 Å². The van der Waals surface area contributed by atoms with Crippen LogP contribution in [0, 0.1) is 11.8 Å². The van der Waals surface area contributed by atoms with Crippen molar-refractivity contribution in [1.82, 2.24) is 5.32 Å². The van der Waals surface area contributed by atoms with Crippen LogP contribution in [0.1, 0.15) is 28.7 Å². The molecule has 0 saturated carbocycles. The first-order valence-electron chi connectivity index (χ1n) is 9.63. The Kier molecular flexibility index (Phi) is 4.13. The second-order valence-corrected chi connectivity index (χ2v) is 7.48. The van der Waals surface area contributed by atoms with Gasteiger partial charge < -0.3 is 14.2 Å². The van der Waals surface area contributed by atoms with E-state index in [1.165, 1.54) is 7.11 Å². The molecule has 0 aromatic heterocycles. The molecular weight excluding hydrogens is 386 g/mol. The molecule has 3 aliphatic heterocycles. The van der Waals surface area contributed by atoms with E-state index in [4.69, 9.17) is 14.2 Å². The van der Waals surface area contributed by atoms with Crippen molar-refractivity contribution in [3.63, 3.8) is 0 Å². The summed E-state index contributed by atoms with van der Waals surface area (Å²) < 4.78 is 16.9. The topological polar surface area (TPSA) is 90.9 Å². The standard InChI is InChI=1S/C23H19NO6/c1-28-13-10-6-9-12-15(13)20-18-17(21(25)24-22(18)26)16(12)19(30-20)14(23(27)29-2)11-7-4-3-5-8-11/h3-10,16-18,20H,1-2H3,(H,24,25,26)/b19-14-. The number of imide groups is 1. The maximum atomic E-state index is 12.8. The number of amides is 2. The summed E-state index contributed by atoms with van der Waals surface area (Å²) in [5.74, 6) is -2.28. The van der Waals surface area contributed by atoms with E-state index < -0.39 is 29.8 Å². The van der Waals surface area contributed by atoms with Gasteiger partial charge in [0.25, 0.3) is 0 Å². The van der Waals surface area contributed by atoms with Crippen LogP contribution in [0.25, 0.3) is 5.57 Å². The minimum atomic E-state index is -0.740. The van der Waals surface area contributed by atoms with Gasteiger partial charge >= 0.3 is 5.97 Å². The van der Waals surface area contributed by atoms with Crippen LogP contribution in [0.2, 0.25) is 0 Å². The van der Waals surface area contributed by atoms with Gasteiger partial charge in [-0.3, -0.25) is 14.9 Å². The van der Waals surface area contributed by atoms with E-state index >= 15 is 0 Å². The number of hydrogen-bond acceptors (Lipinski definition) is 6. The van der Waals surface area contributed by atoms with E-state index in [1.54, 1.807) is 25.3 Å². The summed E-state index contributed by atoms with van der Waals surface area (Å²) in [7, 11) is 2.86. The summed E-state index contributed by atoms with van der Waals surface area (Å²) in [6.45, 7) is 0. The lowest BCUT2D eigenvalue weighted by atomic mass is 9.64. The largest absolute Gasteiger partial charge is 0.496 e. The zero-order chi connectivity index (χ0) is 21.0. The number of nitrogens with one attached hydrogen (secondary N) is 1. The van der Waals surface area contributed by atoms with Crippen molar-refractivity contribution in [3.05, 3.63) is 71.0 Å². The van der Waals surface area contributed by atoms with E-state index in [2.05, 4.69) is 5.32 Å². The molecule has 6 rings (SSSR count). The number of ether oxygens (including phenoxy) is 3. The van der Waals surface area contributed by atoms with Crippen LogP contribution in [-0.4, -0.2) is 32.0 Å². The molecule has 1 N–H and O–H groups in total. The molecule has 30 heavy (non-hydrogen) atoms. The van der Waals surface area contributed by atoms with Crippen LogP contribution in [0.4, 0.5) is 0 Å². The van der Waals surface area contributed by atoms with Crippen LogP contribution in [-0.2, 0) is 23.9 Å². The van der Waals surface area contributed by atoms with E-state index in [0.29, 0.717) is 17.1 Å². The highest BCUT2D eigenvalue weighted by Gasteiger charge is 2.62. The molecule has 0 spiro atoms. The lowest BCUT2D eigenvalue weighted by molar-refractivity contribution is -0.135. The minimum Gasteiger partial charge on any atom is -0.496 e. The van der Waals surface area contributed by atoms with E-state index in [9.17, 15) is 14.4 Å². The first kappa shape index (κ1) is 18.4. The molecule has 2 fully saturated rings. The van der Waals surface area contributed by atoms with Gasteiger partial charge in [0, 0.05) is 5.56 Å². The van der Waals surface area contributed by atoms with Crippen LogP contribution in [0.15, 0.2) is 54.3 Å². The number of fused-ring (bicyclic) bond motifs is 1. The second-order valence-electron chi connectivity index (χ2n) is 7.48. The Morgan fingerprint density at radius 2 is 1.70 bits per heavy atom. The highest BCUT2D eigenvalue weighted by atomic mass is 16.5. The number of hydrogen-bond donors (Lipinski definition) is 1. The lowest BCUT2D eigenvalue weighted by Gasteiger charge is -2.46. The quantitative estimate of drug-likeness (QED) is 0.479. The molecule has 2 saturated heterocycles. The van der Waals surface area contributed by atoms with Gasteiger partial charge in [-0.05, 0) is 17.2 Å². The Bertz CT molecular complexity index is 1110. The fourth-order valence-electron chi connectivity index (χ4n) is 4.92. The molecule has 7 heteroatoms. The lowest BCUT2D eigenvalue weighted by Crippen LogP contribution is -2.43. The van der Waals surface area contributed by atoms with Gasteiger partial charge in [0.15, 0.2) is 0 Å². The molecule has 2 amide bonds. The molecule has 4 atom stereocenters. The zero-order valence-electron chi connectivity index (χ0n) is 16.4. The average molecular weight is 405 g/mol. The van der Waals surface area contributed by atoms with Gasteiger partial charge in [-0.2, -0.15) is 0 Å². The van der Waals surface area contributed by atoms with E-state index in [1.807, 2.05) is 30.3 Å². The molecule has 0 radical (unpaired) electrons. The fraction of sp³-hybridized carbons (Fsp3) is 0.261. The monoisotopic (exact) mass is 405 g/mol. The number of methoxy groups -OCH3 is 2. The van der Waals surface area contributed by atoms with Crippen LogP contribution >= 0.6 is 0 Å². The maximum absolute atomic E-state index is 12.8. The number of esters is 1. The second kappa shape index (κ2) is 6.73. The molecule has 3 heterocycles. The van der Waals surface area contributed by atoms with Crippen molar-refractivity contribution in [2.45, 2.75) is 12.0 Å². The van der Waals surface area contributed by atoms with Crippen molar-refractivity contribution < 1.29 is 28.6 Å². The van der Waals surface area contributed by atoms with Crippen molar-refractivity contribution in [1.29, 1.82) is 0 Å². The van der Waals surface area contributed by atoms with Crippen molar-refractivity contribution in [2.75, 3.05) is 14.2 Å². The minimum absolute atomic E-state index is 0.257. The first-order chi connectivity index (χ1) is 14.6. The van der Waals surface area contributed by atoms with Gasteiger partial charge in [0.1, 0.15) is 23.2 Å². The third kappa shape index (κ3) is 2.41. The van der Waals surface area contributed by atoms with Gasteiger partial charge in [-0.15, -0.1) is 0 Å². The van der Waals surface area contributed by atoms with Crippen LogP contribution < -0.4 is 10.1 Å². The highest BCUT2D eigenvalue weighted by Crippen LogP contribution is 2.61. The summed E-state index contributed by atoms with van der Waals surface area (Å²) in [5.41, 5.74) is 2.45. The Labute approximate surface area is 172 Å². The SMILES string of the molecule is COC(=O)/C(=C1\OC2c3c(OC)cccc3C1C1C(=O)NC(=O)C21)c1ccccc1. The Balaban J connectivity index is 1.81. The molecule has 2 bridgehead atoms. The van der Waals surface area contributed by atoms with Gasteiger partial charge in [-0.1, -0.05) is 42.5 Å². The number of allylic oxidation sites excluding steroid dienone is 1. The zero-order valence-corrected chi connectivity index (χ0v) is 16.4. The highest BCUT2D eigenvalue weighted by molar-refractivity contribution is 6.18. The maximum Gasteiger partial charge on any atom is 0.341 e. The molecular formula is C23H19NO6. The molecule has 4 unspecified atom stereocenters. The van der Waals surface area contributed by atoms with Gasteiger partial charge in [0.05, 0.1) is 32.0 Å². The predicted molar refractivity (Wildman–Crippen MR) is 105 cm³/mol. The fourth-order valence-corrected chi connectivity index (χ4v) is 4.92. The molecule has 152 valence electrons. The van der Waals surface area contributed by atoms with Crippen LogP contribution in [0.5, 0.6) is 5.75 Å². The van der Waals surface area contributed by atoms with E-state index in [0.717, 1.165) is 11.1 Å². The van der Waals surface area contributed by atoms with Crippen molar-refractivity contribution in [2.24, 2.45) is 11.8 Å². The summed E-state index contributed by atoms with van der Waals surface area (Å²) >= 11 is 0.